The Morgan fingerprint density at radius 2 is 1.74 bits per heavy atom. The number of nitrogens with one attached hydrogen (secondary N) is 1. The third-order valence-corrected chi connectivity index (χ3v) is 5.31. The van der Waals surface area contributed by atoms with E-state index in [2.05, 4.69) is 11.9 Å². The van der Waals surface area contributed by atoms with E-state index < -0.39 is 19.8 Å². The summed E-state index contributed by atoms with van der Waals surface area (Å²) < 4.78 is 5.07. The first kappa shape index (κ1) is 25.2. The molecule has 0 bridgehead atoms. The Morgan fingerprint density at radius 3 is 2.07 bits per heavy atom. The molecule has 3 N–H and O–H groups in total. The molecule has 152 valence electrons. The molecule has 0 aliphatic rings. The molecule has 27 heavy (non-hydrogen) atoms. The van der Waals surface area contributed by atoms with Crippen LogP contribution < -0.4 is 10.1 Å². The van der Waals surface area contributed by atoms with Crippen molar-refractivity contribution >= 4 is 25.9 Å². The standard InChI is InChI=1S/C16H21NO3.C4H11O2P/c1-6-16(4,5)15(19)17-12-7-9-13(10-8-12)20-14(18)11(2)3;1-3-4(2)7(5)6/h7-10H,2,6H2,1,3-5H3,(H,17,19);4-6H,3H2,1-2H3. The summed E-state index contributed by atoms with van der Waals surface area (Å²) in [4.78, 5) is 40.2. The number of ether oxygens (including phenoxy) is 1. The fourth-order valence-corrected chi connectivity index (χ4v) is 1.75. The normalized spacial score (nSPS) is 11.9. The number of rotatable bonds is 7. The maximum Gasteiger partial charge on any atom is 0.338 e. The van der Waals surface area contributed by atoms with Crippen molar-refractivity contribution in [2.45, 2.75) is 60.0 Å². The van der Waals surface area contributed by atoms with Gasteiger partial charge in [0.25, 0.3) is 0 Å². The molecule has 1 rings (SSSR count). The fourth-order valence-electron chi connectivity index (χ4n) is 1.42. The topological polar surface area (TPSA) is 95.9 Å². The Balaban J connectivity index is 0.000000821. The highest BCUT2D eigenvalue weighted by atomic mass is 31.2. The molecule has 7 heteroatoms. The number of carbonyl (C=O) groups is 2. The van der Waals surface area contributed by atoms with Gasteiger partial charge in [0.1, 0.15) is 5.75 Å². The van der Waals surface area contributed by atoms with Gasteiger partial charge in [-0.3, -0.25) is 4.79 Å². The van der Waals surface area contributed by atoms with E-state index in [1.165, 1.54) is 0 Å². The molecule has 0 aromatic heterocycles. The second-order valence-electron chi connectivity index (χ2n) is 6.96. The SMILES string of the molecule is C=C(C)C(=O)Oc1ccc(NC(=O)C(C)(C)CC)cc1.CCC(C)P(O)O. The summed E-state index contributed by atoms with van der Waals surface area (Å²) in [5.74, 6) is -0.0775. The molecule has 0 saturated heterocycles. The van der Waals surface area contributed by atoms with Crippen molar-refractivity contribution in [3.8, 4) is 5.75 Å². The van der Waals surface area contributed by atoms with Gasteiger partial charge in [0, 0.05) is 22.3 Å². The van der Waals surface area contributed by atoms with Crippen LogP contribution >= 0.6 is 8.38 Å². The highest BCUT2D eigenvalue weighted by molar-refractivity contribution is 7.45. The summed E-state index contributed by atoms with van der Waals surface area (Å²) in [6.45, 7) is 14.6. The Hall–Kier alpha value is -1.75. The van der Waals surface area contributed by atoms with Crippen molar-refractivity contribution in [2.75, 3.05) is 5.32 Å². The van der Waals surface area contributed by atoms with E-state index in [0.29, 0.717) is 17.0 Å². The fraction of sp³-hybridized carbons (Fsp3) is 0.500. The van der Waals surface area contributed by atoms with Gasteiger partial charge in [-0.2, -0.15) is 0 Å². The van der Waals surface area contributed by atoms with Crippen molar-refractivity contribution in [2.24, 2.45) is 5.41 Å². The van der Waals surface area contributed by atoms with Gasteiger partial charge in [0.05, 0.1) is 0 Å². The summed E-state index contributed by atoms with van der Waals surface area (Å²) >= 11 is 0. The molecule has 1 atom stereocenters. The van der Waals surface area contributed by atoms with Crippen LogP contribution in [0.5, 0.6) is 5.75 Å². The summed E-state index contributed by atoms with van der Waals surface area (Å²) in [5.41, 5.74) is 0.680. The zero-order chi connectivity index (χ0) is 21.2. The average Bonchev–Trinajstić information content (AvgIpc) is 2.62. The molecule has 0 spiro atoms. The number of hydrogen-bond acceptors (Lipinski definition) is 5. The molecule has 0 fully saturated rings. The van der Waals surface area contributed by atoms with Gasteiger partial charge in [0.2, 0.25) is 5.91 Å². The van der Waals surface area contributed by atoms with E-state index in [-0.39, 0.29) is 11.6 Å². The van der Waals surface area contributed by atoms with Crippen molar-refractivity contribution in [3.63, 3.8) is 0 Å². The Kier molecular flexibility index (Phi) is 11.1. The number of hydrogen-bond donors (Lipinski definition) is 3. The van der Waals surface area contributed by atoms with E-state index in [1.807, 2.05) is 34.6 Å². The minimum absolute atomic E-state index is 0.0355. The predicted octanol–water partition coefficient (Wildman–Crippen LogP) is 4.62. The van der Waals surface area contributed by atoms with Crippen molar-refractivity contribution < 1.29 is 24.1 Å². The van der Waals surface area contributed by atoms with E-state index in [4.69, 9.17) is 14.5 Å². The van der Waals surface area contributed by atoms with Crippen LogP contribution in [0.2, 0.25) is 0 Å². The molecule has 6 nitrogen and oxygen atoms in total. The Bertz CT molecular complexity index is 626. The summed E-state index contributed by atoms with van der Waals surface area (Å²) in [5, 5.41) is 2.84. The molecule has 0 radical (unpaired) electrons. The van der Waals surface area contributed by atoms with Gasteiger partial charge in [-0.25, -0.2) is 4.79 Å². The summed E-state index contributed by atoms with van der Waals surface area (Å²) in [6, 6.07) is 6.67. The number of carbonyl (C=O) groups excluding carboxylic acids is 2. The largest absolute Gasteiger partial charge is 0.423 e. The lowest BCUT2D eigenvalue weighted by Gasteiger charge is -2.21. The monoisotopic (exact) mass is 397 g/mol. The highest BCUT2D eigenvalue weighted by Crippen LogP contribution is 2.31. The summed E-state index contributed by atoms with van der Waals surface area (Å²) in [7, 11) is -1.66. The van der Waals surface area contributed by atoms with E-state index in [0.717, 1.165) is 12.8 Å². The molecule has 1 aromatic carbocycles. The minimum Gasteiger partial charge on any atom is -0.423 e. The maximum absolute atomic E-state index is 12.0. The van der Waals surface area contributed by atoms with Crippen LogP contribution in [0, 0.1) is 5.41 Å². The zero-order valence-electron chi connectivity index (χ0n) is 17.1. The van der Waals surface area contributed by atoms with Crippen LogP contribution in [0.3, 0.4) is 0 Å². The average molecular weight is 397 g/mol. The number of anilines is 1. The van der Waals surface area contributed by atoms with Crippen molar-refractivity contribution in [1.29, 1.82) is 0 Å². The van der Waals surface area contributed by atoms with Crippen LogP contribution in [0.15, 0.2) is 36.4 Å². The molecule has 1 aromatic rings. The lowest BCUT2D eigenvalue weighted by atomic mass is 9.89. The van der Waals surface area contributed by atoms with Crippen LogP contribution in [0.1, 0.15) is 54.4 Å². The molecule has 0 saturated carbocycles. The van der Waals surface area contributed by atoms with Crippen molar-refractivity contribution in [1.82, 2.24) is 0 Å². The maximum atomic E-state index is 12.0. The number of amides is 1. The second-order valence-corrected chi connectivity index (χ2v) is 8.49. The molecule has 1 unspecified atom stereocenters. The lowest BCUT2D eigenvalue weighted by molar-refractivity contribution is -0.130. The van der Waals surface area contributed by atoms with E-state index in [1.54, 1.807) is 31.2 Å². The van der Waals surface area contributed by atoms with Gasteiger partial charge < -0.3 is 19.8 Å². The van der Waals surface area contributed by atoms with Gasteiger partial charge in [-0.05, 0) is 44.0 Å². The number of benzene rings is 1. The first-order chi connectivity index (χ1) is 12.4. The molecular weight excluding hydrogens is 365 g/mol. The smallest absolute Gasteiger partial charge is 0.338 e. The highest BCUT2D eigenvalue weighted by Gasteiger charge is 2.25. The molecule has 0 aliphatic carbocycles. The molecule has 1 amide bonds. The van der Waals surface area contributed by atoms with Crippen LogP contribution in [-0.2, 0) is 9.59 Å². The van der Waals surface area contributed by atoms with E-state index in [9.17, 15) is 9.59 Å². The third-order valence-electron chi connectivity index (χ3n) is 4.15. The zero-order valence-corrected chi connectivity index (χ0v) is 18.0. The summed E-state index contributed by atoms with van der Waals surface area (Å²) in [6.07, 6.45) is 1.60. The van der Waals surface area contributed by atoms with Crippen LogP contribution in [-0.4, -0.2) is 27.3 Å². The van der Waals surface area contributed by atoms with Crippen LogP contribution in [0.4, 0.5) is 5.69 Å². The molecule has 0 heterocycles. The van der Waals surface area contributed by atoms with Gasteiger partial charge in [0.15, 0.2) is 8.38 Å². The Morgan fingerprint density at radius 1 is 1.22 bits per heavy atom. The lowest BCUT2D eigenvalue weighted by Crippen LogP contribution is -2.29. The van der Waals surface area contributed by atoms with Gasteiger partial charge in [-0.15, -0.1) is 0 Å². The van der Waals surface area contributed by atoms with Gasteiger partial charge in [-0.1, -0.05) is 41.2 Å². The third kappa shape index (κ3) is 9.66. The molecular formula is C20H32NO5P. The first-order valence-corrected chi connectivity index (χ1v) is 10.2. The van der Waals surface area contributed by atoms with Crippen LogP contribution in [0.25, 0.3) is 0 Å². The van der Waals surface area contributed by atoms with Gasteiger partial charge >= 0.3 is 5.97 Å². The second kappa shape index (κ2) is 11.9. The molecule has 0 aliphatic heterocycles. The minimum atomic E-state index is -1.66. The van der Waals surface area contributed by atoms with Crippen molar-refractivity contribution in [3.05, 3.63) is 36.4 Å². The number of esters is 1. The first-order valence-electron chi connectivity index (χ1n) is 8.90. The predicted molar refractivity (Wildman–Crippen MR) is 111 cm³/mol. The quantitative estimate of drug-likeness (QED) is 0.270. The van der Waals surface area contributed by atoms with E-state index >= 15 is 0 Å². The Labute approximate surface area is 163 Å².